The number of aromatic amines is 1. The first-order valence-electron chi connectivity index (χ1n) is 5.24. The first-order valence-corrected chi connectivity index (χ1v) is 5.24. The van der Waals surface area contributed by atoms with Gasteiger partial charge in [-0.25, -0.2) is 4.98 Å². The molecule has 15 heavy (non-hydrogen) atoms. The van der Waals surface area contributed by atoms with Crippen molar-refractivity contribution in [2.75, 3.05) is 6.54 Å². The first-order chi connectivity index (χ1) is 7.24. The maximum atomic E-state index is 10.9. The summed E-state index contributed by atoms with van der Waals surface area (Å²) in [6.45, 7) is 3.44. The van der Waals surface area contributed by atoms with E-state index in [1.165, 1.54) is 0 Å². The standard InChI is InChI=1S/C10H16N4O/c1-7-11-5-9(14-7)6-12-8-2-3-10(15)13-4-8/h5,8,12H,2-4,6H2,1H3,(H,11,14)(H,13,15). The van der Waals surface area contributed by atoms with E-state index in [0.29, 0.717) is 12.5 Å². The van der Waals surface area contributed by atoms with Crippen molar-refractivity contribution in [3.63, 3.8) is 0 Å². The lowest BCUT2D eigenvalue weighted by molar-refractivity contribution is -0.122. The van der Waals surface area contributed by atoms with Crippen LogP contribution in [0, 0.1) is 6.92 Å². The zero-order valence-corrected chi connectivity index (χ0v) is 8.84. The summed E-state index contributed by atoms with van der Waals surface area (Å²) in [4.78, 5) is 18.2. The zero-order valence-electron chi connectivity index (χ0n) is 8.84. The molecule has 1 atom stereocenters. The Balaban J connectivity index is 1.76. The van der Waals surface area contributed by atoms with Crippen molar-refractivity contribution >= 4 is 5.91 Å². The number of hydrogen-bond acceptors (Lipinski definition) is 3. The Morgan fingerprint density at radius 1 is 1.67 bits per heavy atom. The molecule has 1 aromatic rings. The van der Waals surface area contributed by atoms with Gasteiger partial charge in [0.15, 0.2) is 0 Å². The third kappa shape index (κ3) is 2.79. The van der Waals surface area contributed by atoms with Crippen LogP contribution in [0.2, 0.25) is 0 Å². The predicted octanol–water partition coefficient (Wildman–Crippen LogP) is 0.0863. The Morgan fingerprint density at radius 2 is 2.53 bits per heavy atom. The van der Waals surface area contributed by atoms with E-state index >= 15 is 0 Å². The highest BCUT2D eigenvalue weighted by Crippen LogP contribution is 2.04. The van der Waals surface area contributed by atoms with E-state index in [2.05, 4.69) is 20.6 Å². The van der Waals surface area contributed by atoms with Gasteiger partial charge < -0.3 is 15.6 Å². The largest absolute Gasteiger partial charge is 0.355 e. The van der Waals surface area contributed by atoms with Gasteiger partial charge in [0.2, 0.25) is 5.91 Å². The van der Waals surface area contributed by atoms with Crippen LogP contribution in [0.5, 0.6) is 0 Å². The van der Waals surface area contributed by atoms with Crippen LogP contribution in [0.1, 0.15) is 24.4 Å². The third-order valence-corrected chi connectivity index (χ3v) is 2.60. The molecule has 0 aromatic carbocycles. The molecule has 0 spiro atoms. The number of aromatic nitrogens is 2. The minimum Gasteiger partial charge on any atom is -0.355 e. The number of rotatable bonds is 3. The van der Waals surface area contributed by atoms with Crippen LogP contribution in [0.3, 0.4) is 0 Å². The summed E-state index contributed by atoms with van der Waals surface area (Å²) < 4.78 is 0. The number of carbonyl (C=O) groups excluding carboxylic acids is 1. The Morgan fingerprint density at radius 3 is 3.13 bits per heavy atom. The molecule has 0 bridgehead atoms. The van der Waals surface area contributed by atoms with E-state index in [1.807, 2.05) is 13.1 Å². The van der Waals surface area contributed by atoms with E-state index in [4.69, 9.17) is 0 Å². The van der Waals surface area contributed by atoms with Gasteiger partial charge in [0.1, 0.15) is 5.82 Å². The molecule has 5 heteroatoms. The molecule has 1 unspecified atom stereocenters. The molecule has 82 valence electrons. The van der Waals surface area contributed by atoms with Gasteiger partial charge in [-0.15, -0.1) is 0 Å². The second-order valence-electron chi connectivity index (χ2n) is 3.91. The van der Waals surface area contributed by atoms with Crippen molar-refractivity contribution in [1.29, 1.82) is 0 Å². The summed E-state index contributed by atoms with van der Waals surface area (Å²) in [6.07, 6.45) is 3.38. The number of nitrogens with one attached hydrogen (secondary N) is 3. The number of amides is 1. The van der Waals surface area contributed by atoms with Crippen LogP contribution in [0.15, 0.2) is 6.20 Å². The molecule has 3 N–H and O–H groups in total. The Kier molecular flexibility index (Phi) is 3.01. The van der Waals surface area contributed by atoms with Crippen LogP contribution in [0.4, 0.5) is 0 Å². The van der Waals surface area contributed by atoms with Crippen molar-refractivity contribution in [3.05, 3.63) is 17.7 Å². The summed E-state index contributed by atoms with van der Waals surface area (Å²) >= 11 is 0. The lowest BCUT2D eigenvalue weighted by Gasteiger charge is -2.23. The van der Waals surface area contributed by atoms with Gasteiger partial charge in [-0.1, -0.05) is 0 Å². The minimum absolute atomic E-state index is 0.158. The van der Waals surface area contributed by atoms with Crippen molar-refractivity contribution in [2.24, 2.45) is 0 Å². The lowest BCUT2D eigenvalue weighted by atomic mass is 10.1. The highest BCUT2D eigenvalue weighted by atomic mass is 16.1. The Labute approximate surface area is 88.7 Å². The van der Waals surface area contributed by atoms with Gasteiger partial charge in [0.05, 0.1) is 0 Å². The monoisotopic (exact) mass is 208 g/mol. The van der Waals surface area contributed by atoms with E-state index in [0.717, 1.165) is 31.0 Å². The summed E-state index contributed by atoms with van der Waals surface area (Å²) in [7, 11) is 0. The fourth-order valence-corrected chi connectivity index (χ4v) is 1.72. The molecule has 1 saturated heterocycles. The van der Waals surface area contributed by atoms with E-state index in [1.54, 1.807) is 0 Å². The van der Waals surface area contributed by atoms with Crippen LogP contribution in [-0.4, -0.2) is 28.5 Å². The van der Waals surface area contributed by atoms with Crippen molar-refractivity contribution in [2.45, 2.75) is 32.4 Å². The second-order valence-corrected chi connectivity index (χ2v) is 3.91. The van der Waals surface area contributed by atoms with Gasteiger partial charge in [-0.05, 0) is 13.3 Å². The minimum atomic E-state index is 0.158. The predicted molar refractivity (Wildman–Crippen MR) is 56.2 cm³/mol. The van der Waals surface area contributed by atoms with Gasteiger partial charge in [0.25, 0.3) is 0 Å². The normalized spacial score (nSPS) is 21.4. The molecule has 0 radical (unpaired) electrons. The molecule has 5 nitrogen and oxygen atoms in total. The number of nitrogens with zero attached hydrogens (tertiary/aromatic N) is 1. The second kappa shape index (κ2) is 4.44. The topological polar surface area (TPSA) is 69.8 Å². The van der Waals surface area contributed by atoms with E-state index in [-0.39, 0.29) is 5.91 Å². The lowest BCUT2D eigenvalue weighted by Crippen LogP contribution is -2.45. The number of carbonyl (C=O) groups is 1. The van der Waals surface area contributed by atoms with Gasteiger partial charge in [0, 0.05) is 37.4 Å². The molecule has 1 fully saturated rings. The molecular formula is C10H16N4O. The Bertz CT molecular complexity index is 337. The number of hydrogen-bond donors (Lipinski definition) is 3. The zero-order chi connectivity index (χ0) is 10.7. The molecule has 2 heterocycles. The number of H-pyrrole nitrogens is 1. The molecule has 1 aromatic heterocycles. The fraction of sp³-hybridized carbons (Fsp3) is 0.600. The summed E-state index contributed by atoms with van der Waals surface area (Å²) in [6, 6.07) is 0.381. The highest BCUT2D eigenvalue weighted by molar-refractivity contribution is 5.76. The van der Waals surface area contributed by atoms with Crippen molar-refractivity contribution < 1.29 is 4.79 Å². The SMILES string of the molecule is Cc1ncc(CNC2CCC(=O)NC2)[nH]1. The van der Waals surface area contributed by atoms with Crippen LogP contribution in [0.25, 0.3) is 0 Å². The number of aryl methyl sites for hydroxylation is 1. The molecule has 0 saturated carbocycles. The van der Waals surface area contributed by atoms with Gasteiger partial charge in [-0.2, -0.15) is 0 Å². The van der Waals surface area contributed by atoms with Gasteiger partial charge in [-0.3, -0.25) is 4.79 Å². The maximum absolute atomic E-state index is 10.9. The molecule has 2 rings (SSSR count). The van der Waals surface area contributed by atoms with E-state index in [9.17, 15) is 4.79 Å². The quantitative estimate of drug-likeness (QED) is 0.659. The van der Waals surface area contributed by atoms with Crippen molar-refractivity contribution in [3.8, 4) is 0 Å². The van der Waals surface area contributed by atoms with E-state index < -0.39 is 0 Å². The summed E-state index contributed by atoms with van der Waals surface area (Å²) in [5.41, 5.74) is 1.09. The van der Waals surface area contributed by atoms with Gasteiger partial charge >= 0.3 is 0 Å². The van der Waals surface area contributed by atoms with Crippen LogP contribution < -0.4 is 10.6 Å². The fourth-order valence-electron chi connectivity index (χ4n) is 1.72. The van der Waals surface area contributed by atoms with Crippen LogP contribution in [-0.2, 0) is 11.3 Å². The Hall–Kier alpha value is -1.36. The third-order valence-electron chi connectivity index (χ3n) is 2.60. The number of piperidine rings is 1. The smallest absolute Gasteiger partial charge is 0.220 e. The highest BCUT2D eigenvalue weighted by Gasteiger charge is 2.17. The molecule has 1 amide bonds. The molecular weight excluding hydrogens is 192 g/mol. The van der Waals surface area contributed by atoms with Crippen molar-refractivity contribution in [1.82, 2.24) is 20.6 Å². The number of imidazole rings is 1. The molecule has 1 aliphatic rings. The summed E-state index contributed by atoms with van der Waals surface area (Å²) in [5, 5.41) is 6.23. The average molecular weight is 208 g/mol. The maximum Gasteiger partial charge on any atom is 0.220 e. The average Bonchev–Trinajstić information content (AvgIpc) is 2.64. The first kappa shape index (κ1) is 10.2. The molecule has 0 aliphatic carbocycles. The summed E-state index contributed by atoms with van der Waals surface area (Å²) in [5.74, 6) is 1.09. The molecule has 1 aliphatic heterocycles. The van der Waals surface area contributed by atoms with Crippen LogP contribution >= 0.6 is 0 Å².